The van der Waals surface area contributed by atoms with Crippen LogP contribution in [-0.2, 0) is 20.7 Å². The molecule has 0 radical (unpaired) electrons. The van der Waals surface area contributed by atoms with Crippen LogP contribution in [0, 0.1) is 29.9 Å². The van der Waals surface area contributed by atoms with E-state index in [4.69, 9.17) is 11.2 Å². The second-order valence-corrected chi connectivity index (χ2v) is 6.89. The molecule has 1 amide bonds. The number of esters is 1. The van der Waals surface area contributed by atoms with Crippen molar-refractivity contribution in [2.24, 2.45) is 5.92 Å². The molecule has 0 bridgehead atoms. The van der Waals surface area contributed by atoms with Crippen LogP contribution in [0.4, 0.5) is 8.78 Å². The van der Waals surface area contributed by atoms with E-state index < -0.39 is 29.6 Å². The minimum atomic E-state index is -1.06. The maximum absolute atomic E-state index is 13.4. The van der Waals surface area contributed by atoms with Crippen molar-refractivity contribution in [2.45, 2.75) is 52.0 Å². The summed E-state index contributed by atoms with van der Waals surface area (Å²) in [5.41, 5.74) is 0.243. The van der Waals surface area contributed by atoms with Crippen LogP contribution in [0.1, 0.15) is 45.1 Å². The first-order valence-corrected chi connectivity index (χ1v) is 9.34. The number of benzene rings is 1. The molecule has 152 valence electrons. The van der Waals surface area contributed by atoms with E-state index in [1.807, 2.05) is 0 Å². The number of rotatable bonds is 11. The SMILES string of the molecule is C#CCCCOC(=O)[C@H](Cc1cc(F)cc(F)c1)NC(=O)/C=C/CCC(C)C. The summed E-state index contributed by atoms with van der Waals surface area (Å²) in [5, 5.41) is 2.55. The standard InChI is InChI=1S/C22H27F2NO3/c1-4-5-8-11-28-22(27)20(14-17-12-18(23)15-19(24)13-17)25-21(26)10-7-6-9-16(2)3/h1,7,10,12-13,15-16,20H,5-6,8-9,11,14H2,2-3H3,(H,25,26)/b10-7+/t20-/m0/s1. The van der Waals surface area contributed by atoms with Crippen molar-refractivity contribution in [1.82, 2.24) is 5.32 Å². The first-order chi connectivity index (χ1) is 13.3. The second kappa shape index (κ2) is 12.7. The molecule has 0 aliphatic heterocycles. The summed E-state index contributed by atoms with van der Waals surface area (Å²) in [7, 11) is 0. The van der Waals surface area contributed by atoms with Crippen LogP contribution in [-0.4, -0.2) is 24.5 Å². The number of carbonyl (C=O) groups is 2. The van der Waals surface area contributed by atoms with Gasteiger partial charge in [0.05, 0.1) is 6.61 Å². The number of unbranched alkanes of at least 4 members (excludes halogenated alkanes) is 1. The minimum Gasteiger partial charge on any atom is -0.464 e. The van der Waals surface area contributed by atoms with Crippen LogP contribution >= 0.6 is 0 Å². The highest BCUT2D eigenvalue weighted by Crippen LogP contribution is 2.11. The first-order valence-electron chi connectivity index (χ1n) is 9.34. The smallest absolute Gasteiger partial charge is 0.328 e. The first kappa shape index (κ1) is 23.4. The Morgan fingerprint density at radius 3 is 2.54 bits per heavy atom. The number of amides is 1. The number of halogens is 2. The van der Waals surface area contributed by atoms with Crippen LogP contribution in [0.3, 0.4) is 0 Å². The van der Waals surface area contributed by atoms with E-state index in [1.165, 1.54) is 6.08 Å². The number of hydrogen-bond acceptors (Lipinski definition) is 3. The normalized spacial score (nSPS) is 12.0. The number of terminal acetylenes is 1. The molecule has 0 fully saturated rings. The lowest BCUT2D eigenvalue weighted by Gasteiger charge is -2.17. The molecule has 0 aliphatic rings. The number of ether oxygens (including phenoxy) is 1. The molecule has 0 saturated carbocycles. The van der Waals surface area contributed by atoms with Gasteiger partial charge >= 0.3 is 5.97 Å². The summed E-state index contributed by atoms with van der Waals surface area (Å²) in [6.07, 6.45) is 10.8. The molecular formula is C22H27F2NO3. The zero-order chi connectivity index (χ0) is 20.9. The maximum Gasteiger partial charge on any atom is 0.328 e. The van der Waals surface area contributed by atoms with Gasteiger partial charge in [-0.25, -0.2) is 13.6 Å². The predicted molar refractivity (Wildman–Crippen MR) is 104 cm³/mol. The highest BCUT2D eigenvalue weighted by molar-refractivity contribution is 5.91. The fourth-order valence-electron chi connectivity index (χ4n) is 2.45. The highest BCUT2D eigenvalue weighted by Gasteiger charge is 2.22. The molecule has 1 N–H and O–H groups in total. The molecular weight excluding hydrogens is 364 g/mol. The van der Waals surface area contributed by atoms with E-state index in [-0.39, 0.29) is 18.6 Å². The Morgan fingerprint density at radius 1 is 1.25 bits per heavy atom. The molecule has 28 heavy (non-hydrogen) atoms. The Hall–Kier alpha value is -2.68. The summed E-state index contributed by atoms with van der Waals surface area (Å²) in [5.74, 6) is 0.304. The van der Waals surface area contributed by atoms with Crippen LogP contribution < -0.4 is 5.32 Å². The molecule has 1 aromatic carbocycles. The largest absolute Gasteiger partial charge is 0.464 e. The maximum atomic E-state index is 13.4. The topological polar surface area (TPSA) is 55.4 Å². The fraction of sp³-hybridized carbons (Fsp3) is 0.455. The van der Waals surface area contributed by atoms with Gasteiger partial charge in [-0.15, -0.1) is 12.3 Å². The Kier molecular flexibility index (Phi) is 10.6. The van der Waals surface area contributed by atoms with Gasteiger partial charge in [0.2, 0.25) is 5.91 Å². The van der Waals surface area contributed by atoms with E-state index in [0.29, 0.717) is 18.8 Å². The zero-order valence-electron chi connectivity index (χ0n) is 16.3. The van der Waals surface area contributed by atoms with Gasteiger partial charge in [0.15, 0.2) is 0 Å². The van der Waals surface area contributed by atoms with Gasteiger partial charge in [-0.05, 0) is 49.0 Å². The lowest BCUT2D eigenvalue weighted by Crippen LogP contribution is -2.42. The Morgan fingerprint density at radius 2 is 1.93 bits per heavy atom. The van der Waals surface area contributed by atoms with Crippen molar-refractivity contribution in [3.63, 3.8) is 0 Å². The van der Waals surface area contributed by atoms with Crippen molar-refractivity contribution in [3.8, 4) is 12.3 Å². The third kappa shape index (κ3) is 9.86. The van der Waals surface area contributed by atoms with Gasteiger partial charge in [0.25, 0.3) is 0 Å². The molecule has 1 aromatic rings. The lowest BCUT2D eigenvalue weighted by atomic mass is 10.1. The fourth-order valence-corrected chi connectivity index (χ4v) is 2.45. The van der Waals surface area contributed by atoms with Gasteiger partial charge in [-0.2, -0.15) is 0 Å². The van der Waals surface area contributed by atoms with Gasteiger partial charge < -0.3 is 10.1 Å². The average molecular weight is 391 g/mol. The third-order valence-corrected chi connectivity index (χ3v) is 3.85. The third-order valence-electron chi connectivity index (χ3n) is 3.85. The Labute approximate surface area is 165 Å². The van der Waals surface area contributed by atoms with Gasteiger partial charge in [0, 0.05) is 18.9 Å². The molecule has 0 aliphatic carbocycles. The van der Waals surface area contributed by atoms with E-state index >= 15 is 0 Å². The predicted octanol–water partition coefficient (Wildman–Crippen LogP) is 3.94. The zero-order valence-corrected chi connectivity index (χ0v) is 16.3. The van der Waals surface area contributed by atoms with Gasteiger partial charge in [-0.1, -0.05) is 19.9 Å². The van der Waals surface area contributed by atoms with Crippen LogP contribution in [0.2, 0.25) is 0 Å². The van der Waals surface area contributed by atoms with Gasteiger partial charge in [0.1, 0.15) is 17.7 Å². The van der Waals surface area contributed by atoms with E-state index in [9.17, 15) is 18.4 Å². The highest BCUT2D eigenvalue weighted by atomic mass is 19.1. The summed E-state index contributed by atoms with van der Waals surface area (Å²) in [6.45, 7) is 4.27. The second-order valence-electron chi connectivity index (χ2n) is 6.89. The summed E-state index contributed by atoms with van der Waals surface area (Å²) in [4.78, 5) is 24.5. The summed E-state index contributed by atoms with van der Waals surface area (Å²) < 4.78 is 32.0. The molecule has 0 saturated heterocycles. The summed E-state index contributed by atoms with van der Waals surface area (Å²) in [6, 6.07) is 1.92. The van der Waals surface area contributed by atoms with Crippen molar-refractivity contribution >= 4 is 11.9 Å². The van der Waals surface area contributed by atoms with Crippen molar-refractivity contribution in [2.75, 3.05) is 6.61 Å². The number of carbonyl (C=O) groups excluding carboxylic acids is 2. The molecule has 0 spiro atoms. The summed E-state index contributed by atoms with van der Waals surface area (Å²) >= 11 is 0. The molecule has 6 heteroatoms. The molecule has 0 unspecified atom stereocenters. The number of allylic oxidation sites excluding steroid dienone is 1. The van der Waals surface area contributed by atoms with Crippen LogP contribution in [0.15, 0.2) is 30.4 Å². The number of nitrogens with one attached hydrogen (secondary N) is 1. The van der Waals surface area contributed by atoms with Crippen molar-refractivity contribution in [3.05, 3.63) is 47.5 Å². The molecule has 0 heterocycles. The molecule has 0 aromatic heterocycles. The van der Waals surface area contributed by atoms with Crippen molar-refractivity contribution in [1.29, 1.82) is 0 Å². The van der Waals surface area contributed by atoms with Crippen LogP contribution in [0.5, 0.6) is 0 Å². The monoisotopic (exact) mass is 391 g/mol. The molecule has 4 nitrogen and oxygen atoms in total. The Bertz CT molecular complexity index is 703. The van der Waals surface area contributed by atoms with Crippen molar-refractivity contribution < 1.29 is 23.1 Å². The van der Waals surface area contributed by atoms with Gasteiger partial charge in [-0.3, -0.25) is 4.79 Å². The lowest BCUT2D eigenvalue weighted by molar-refractivity contribution is -0.147. The average Bonchev–Trinajstić information content (AvgIpc) is 2.60. The minimum absolute atomic E-state index is 0.0891. The van der Waals surface area contributed by atoms with Crippen LogP contribution in [0.25, 0.3) is 0 Å². The number of hydrogen-bond donors (Lipinski definition) is 1. The van der Waals surface area contributed by atoms with E-state index in [2.05, 4.69) is 25.1 Å². The molecule has 1 atom stereocenters. The van der Waals surface area contributed by atoms with E-state index in [0.717, 1.165) is 31.0 Å². The quantitative estimate of drug-likeness (QED) is 0.269. The molecule has 1 rings (SSSR count). The van der Waals surface area contributed by atoms with E-state index in [1.54, 1.807) is 6.08 Å². The Balaban J connectivity index is 2.77.